The summed E-state index contributed by atoms with van der Waals surface area (Å²) in [5.41, 5.74) is 0.885. The summed E-state index contributed by atoms with van der Waals surface area (Å²) in [6.45, 7) is 0.754. The number of ether oxygens (including phenoxy) is 2. The molecule has 0 unspecified atom stereocenters. The minimum Gasteiger partial charge on any atom is -0.466 e. The first-order valence-corrected chi connectivity index (χ1v) is 4.13. The summed E-state index contributed by atoms with van der Waals surface area (Å²) in [6, 6.07) is 4.56. The van der Waals surface area contributed by atoms with Gasteiger partial charge in [0.05, 0.1) is 16.7 Å². The first-order valence-electron chi connectivity index (χ1n) is 3.38. The predicted octanol–water partition coefficient (Wildman–Crippen LogP) is 2.66. The van der Waals surface area contributed by atoms with Crippen LogP contribution in [0, 0.1) is 6.07 Å². The van der Waals surface area contributed by atoms with Crippen LogP contribution in [0.25, 0.3) is 0 Å². The molecular weight excluding hydrogens is 199 g/mol. The first kappa shape index (κ1) is 8.17. The van der Waals surface area contributed by atoms with Crippen LogP contribution in [0.4, 0.5) is 0 Å². The van der Waals surface area contributed by atoms with Gasteiger partial charge in [-0.3, -0.25) is 0 Å². The van der Waals surface area contributed by atoms with Gasteiger partial charge in [0.15, 0.2) is 6.79 Å². The Balaban J connectivity index is 2.49. The van der Waals surface area contributed by atoms with Crippen LogP contribution in [-0.4, -0.2) is 6.79 Å². The highest BCUT2D eigenvalue weighted by molar-refractivity contribution is 6.42. The highest BCUT2D eigenvalue weighted by Crippen LogP contribution is 2.31. The minimum atomic E-state index is 0.251. The van der Waals surface area contributed by atoms with E-state index in [-0.39, 0.29) is 6.79 Å². The Bertz CT molecular complexity index is 281. The van der Waals surface area contributed by atoms with Crippen molar-refractivity contribution in [3.8, 4) is 5.75 Å². The van der Waals surface area contributed by atoms with Crippen molar-refractivity contribution in [1.82, 2.24) is 0 Å². The zero-order chi connectivity index (χ0) is 8.55. The van der Waals surface area contributed by atoms with E-state index in [0.717, 1.165) is 5.56 Å². The van der Waals surface area contributed by atoms with Gasteiger partial charge in [-0.2, -0.15) is 0 Å². The highest BCUT2D eigenvalue weighted by Gasteiger charge is 2.13. The summed E-state index contributed by atoms with van der Waals surface area (Å²) in [6.07, 6.45) is 0. The first-order chi connectivity index (χ1) is 5.77. The summed E-state index contributed by atoms with van der Waals surface area (Å²) in [5.74, 6) is 0.635. The molecule has 63 valence electrons. The average Bonchev–Trinajstić information content (AvgIpc) is 2.07. The van der Waals surface area contributed by atoms with Gasteiger partial charge in [0.1, 0.15) is 5.75 Å². The lowest BCUT2D eigenvalue weighted by Crippen LogP contribution is -2.11. The smallest absolute Gasteiger partial charge is 0.189 e. The van der Waals surface area contributed by atoms with Crippen molar-refractivity contribution in [3.63, 3.8) is 0 Å². The quantitative estimate of drug-likeness (QED) is 0.646. The fourth-order valence-corrected chi connectivity index (χ4v) is 1.33. The largest absolute Gasteiger partial charge is 0.466 e. The lowest BCUT2D eigenvalue weighted by molar-refractivity contribution is -0.0165. The van der Waals surface area contributed by atoms with Crippen molar-refractivity contribution in [2.24, 2.45) is 0 Å². The maximum Gasteiger partial charge on any atom is 0.189 e. The average molecular weight is 204 g/mol. The van der Waals surface area contributed by atoms with Crippen LogP contribution in [0.1, 0.15) is 5.56 Å². The van der Waals surface area contributed by atoms with Gasteiger partial charge >= 0.3 is 0 Å². The summed E-state index contributed by atoms with van der Waals surface area (Å²) < 4.78 is 10.2. The SMILES string of the molecule is Clc1[c]c2c(cc1Cl)COCO2. The van der Waals surface area contributed by atoms with E-state index in [4.69, 9.17) is 32.7 Å². The molecule has 4 heteroatoms. The lowest BCUT2D eigenvalue weighted by atomic mass is 10.2. The molecule has 0 spiro atoms. The molecule has 0 aromatic heterocycles. The molecule has 1 aliphatic rings. The Labute approximate surface area is 80.0 Å². The minimum absolute atomic E-state index is 0.251. The maximum absolute atomic E-state index is 5.77. The van der Waals surface area contributed by atoms with Crippen LogP contribution < -0.4 is 4.74 Å². The van der Waals surface area contributed by atoms with E-state index in [1.54, 1.807) is 6.07 Å². The van der Waals surface area contributed by atoms with Crippen LogP contribution in [0.15, 0.2) is 6.07 Å². The molecule has 0 atom stereocenters. The Morgan fingerprint density at radius 3 is 3.08 bits per heavy atom. The molecule has 1 radical (unpaired) electrons. The predicted molar refractivity (Wildman–Crippen MR) is 45.6 cm³/mol. The van der Waals surface area contributed by atoms with E-state index in [1.807, 2.05) is 0 Å². The normalized spacial score (nSPS) is 15.2. The Kier molecular flexibility index (Phi) is 2.13. The van der Waals surface area contributed by atoms with Crippen molar-refractivity contribution >= 4 is 23.2 Å². The van der Waals surface area contributed by atoms with E-state index in [1.165, 1.54) is 0 Å². The molecule has 1 aromatic rings. The molecule has 0 fully saturated rings. The van der Waals surface area contributed by atoms with Crippen molar-refractivity contribution in [2.75, 3.05) is 6.79 Å². The van der Waals surface area contributed by atoms with Crippen LogP contribution >= 0.6 is 23.2 Å². The Morgan fingerprint density at radius 2 is 2.25 bits per heavy atom. The number of fused-ring (bicyclic) bond motifs is 1. The molecule has 2 nitrogen and oxygen atoms in total. The van der Waals surface area contributed by atoms with Crippen molar-refractivity contribution < 1.29 is 9.47 Å². The van der Waals surface area contributed by atoms with E-state index >= 15 is 0 Å². The van der Waals surface area contributed by atoms with Gasteiger partial charge < -0.3 is 9.47 Å². The van der Waals surface area contributed by atoms with Crippen LogP contribution in [0.2, 0.25) is 10.0 Å². The summed E-state index contributed by atoms with van der Waals surface area (Å²) in [7, 11) is 0. The third-order valence-corrected chi connectivity index (χ3v) is 2.26. The molecule has 0 saturated carbocycles. The number of hydrogen-bond acceptors (Lipinski definition) is 2. The molecule has 2 rings (SSSR count). The molecule has 12 heavy (non-hydrogen) atoms. The van der Waals surface area contributed by atoms with Gasteiger partial charge in [-0.1, -0.05) is 23.2 Å². The number of halogens is 2. The molecule has 0 aliphatic carbocycles. The molecular formula is C8H5Cl2O2. The molecule has 1 aliphatic heterocycles. The van der Waals surface area contributed by atoms with Crippen LogP contribution in [0.3, 0.4) is 0 Å². The maximum atomic E-state index is 5.77. The molecule has 1 aromatic carbocycles. The fraction of sp³-hybridized carbons (Fsp3) is 0.250. The second kappa shape index (κ2) is 3.13. The molecule has 0 saturated heterocycles. The van der Waals surface area contributed by atoms with Gasteiger partial charge in [-0.25, -0.2) is 0 Å². The summed E-state index contributed by atoms with van der Waals surface area (Å²) in [5, 5.41) is 0.863. The summed E-state index contributed by atoms with van der Waals surface area (Å²) in [4.78, 5) is 0. The summed E-state index contributed by atoms with van der Waals surface area (Å²) >= 11 is 11.5. The molecule has 0 N–H and O–H groups in total. The second-order valence-corrected chi connectivity index (χ2v) is 3.18. The third kappa shape index (κ3) is 1.38. The number of benzene rings is 1. The molecule has 1 heterocycles. The fourth-order valence-electron chi connectivity index (χ4n) is 1.01. The van der Waals surface area contributed by atoms with Gasteiger partial charge in [-0.05, 0) is 6.07 Å². The standard InChI is InChI=1S/C8H5Cl2O2/c9-6-1-5-3-11-4-12-8(5)2-7(6)10/h1H,3-4H2. The van der Waals surface area contributed by atoms with E-state index < -0.39 is 0 Å². The zero-order valence-corrected chi connectivity index (χ0v) is 7.58. The van der Waals surface area contributed by atoms with Crippen molar-refractivity contribution in [1.29, 1.82) is 0 Å². The van der Waals surface area contributed by atoms with E-state index in [9.17, 15) is 0 Å². The third-order valence-electron chi connectivity index (χ3n) is 1.57. The van der Waals surface area contributed by atoms with Crippen LogP contribution in [0.5, 0.6) is 5.75 Å². The monoisotopic (exact) mass is 203 g/mol. The van der Waals surface area contributed by atoms with Crippen molar-refractivity contribution in [3.05, 3.63) is 27.7 Å². The second-order valence-electron chi connectivity index (χ2n) is 2.40. The molecule has 0 amide bonds. The highest BCUT2D eigenvalue weighted by atomic mass is 35.5. The number of rotatable bonds is 0. The van der Waals surface area contributed by atoms with Gasteiger partial charge in [0, 0.05) is 11.6 Å². The van der Waals surface area contributed by atoms with Gasteiger partial charge in [0.25, 0.3) is 0 Å². The van der Waals surface area contributed by atoms with Crippen LogP contribution in [-0.2, 0) is 11.3 Å². The van der Waals surface area contributed by atoms with Gasteiger partial charge in [0.2, 0.25) is 0 Å². The molecule has 0 bridgehead atoms. The topological polar surface area (TPSA) is 18.5 Å². The van der Waals surface area contributed by atoms with Gasteiger partial charge in [-0.15, -0.1) is 0 Å². The number of hydrogen-bond donors (Lipinski definition) is 0. The lowest BCUT2D eigenvalue weighted by Gasteiger charge is -2.17. The Morgan fingerprint density at radius 1 is 1.42 bits per heavy atom. The Hall–Kier alpha value is -0.440. The van der Waals surface area contributed by atoms with E-state index in [0.29, 0.717) is 22.4 Å². The van der Waals surface area contributed by atoms with E-state index in [2.05, 4.69) is 6.07 Å². The zero-order valence-electron chi connectivity index (χ0n) is 6.06. The van der Waals surface area contributed by atoms with Crippen molar-refractivity contribution in [2.45, 2.75) is 6.61 Å².